The van der Waals surface area contributed by atoms with Gasteiger partial charge in [-0.3, -0.25) is 14.6 Å². The van der Waals surface area contributed by atoms with Gasteiger partial charge in [0.25, 0.3) is 5.91 Å². The molecule has 1 aliphatic heterocycles. The number of anilines is 4. The molecule has 0 saturated heterocycles. The molecular formula is C22H20N4O2. The Labute approximate surface area is 163 Å². The summed E-state index contributed by atoms with van der Waals surface area (Å²) in [7, 11) is 0. The van der Waals surface area contributed by atoms with Crippen molar-refractivity contribution in [3.05, 3.63) is 78.1 Å². The molecule has 0 atom stereocenters. The van der Waals surface area contributed by atoms with Crippen molar-refractivity contribution < 1.29 is 9.59 Å². The maximum atomic E-state index is 12.7. The monoisotopic (exact) mass is 372 g/mol. The van der Waals surface area contributed by atoms with Crippen molar-refractivity contribution in [2.45, 2.75) is 13.3 Å². The Morgan fingerprint density at radius 1 is 0.964 bits per heavy atom. The van der Waals surface area contributed by atoms with E-state index in [1.54, 1.807) is 36.7 Å². The zero-order valence-corrected chi connectivity index (χ0v) is 15.5. The quantitative estimate of drug-likeness (QED) is 0.726. The van der Waals surface area contributed by atoms with Crippen molar-refractivity contribution in [1.82, 2.24) is 4.98 Å². The summed E-state index contributed by atoms with van der Waals surface area (Å²) >= 11 is 0. The number of pyridine rings is 1. The summed E-state index contributed by atoms with van der Waals surface area (Å²) in [5.74, 6) is -0.409. The molecule has 6 heteroatoms. The van der Waals surface area contributed by atoms with Crippen LogP contribution in [0.4, 0.5) is 22.7 Å². The van der Waals surface area contributed by atoms with Crippen molar-refractivity contribution in [3.63, 3.8) is 0 Å². The van der Waals surface area contributed by atoms with Gasteiger partial charge in [-0.2, -0.15) is 0 Å². The van der Waals surface area contributed by atoms with Gasteiger partial charge in [0.05, 0.1) is 17.4 Å². The van der Waals surface area contributed by atoms with Crippen LogP contribution in [0.15, 0.2) is 67.0 Å². The van der Waals surface area contributed by atoms with Gasteiger partial charge >= 0.3 is 0 Å². The highest BCUT2D eigenvalue weighted by Gasteiger charge is 2.21. The van der Waals surface area contributed by atoms with E-state index in [2.05, 4.69) is 32.7 Å². The molecule has 0 unspecified atom stereocenters. The number of carbonyl (C=O) groups excluding carboxylic acids is 2. The molecule has 28 heavy (non-hydrogen) atoms. The van der Waals surface area contributed by atoms with Gasteiger partial charge in [0.15, 0.2) is 0 Å². The third-order valence-corrected chi connectivity index (χ3v) is 4.63. The minimum atomic E-state index is -0.248. The number of benzene rings is 2. The molecule has 0 saturated carbocycles. The molecule has 2 aromatic carbocycles. The predicted molar refractivity (Wildman–Crippen MR) is 110 cm³/mol. The highest BCUT2D eigenvalue weighted by atomic mass is 16.2. The van der Waals surface area contributed by atoms with Crippen LogP contribution < -0.4 is 15.5 Å². The lowest BCUT2D eigenvalue weighted by atomic mass is 10.2. The van der Waals surface area contributed by atoms with Crippen molar-refractivity contribution in [2.75, 3.05) is 22.1 Å². The number of hydrogen-bond donors (Lipinski definition) is 2. The number of nitrogens with one attached hydrogen (secondary N) is 2. The lowest BCUT2D eigenvalue weighted by molar-refractivity contribution is -0.114. The third kappa shape index (κ3) is 3.71. The molecule has 3 aromatic rings. The fourth-order valence-corrected chi connectivity index (χ4v) is 3.39. The molecule has 6 nitrogen and oxygen atoms in total. The number of carbonyl (C=O) groups is 2. The van der Waals surface area contributed by atoms with E-state index < -0.39 is 0 Å². The fourth-order valence-electron chi connectivity index (χ4n) is 3.39. The summed E-state index contributed by atoms with van der Waals surface area (Å²) in [5, 5.41) is 5.56. The fraction of sp³-hybridized carbons (Fsp3) is 0.136. The second kappa shape index (κ2) is 7.52. The lowest BCUT2D eigenvalue weighted by Gasteiger charge is -2.19. The van der Waals surface area contributed by atoms with Gasteiger partial charge in [0.1, 0.15) is 0 Å². The van der Waals surface area contributed by atoms with E-state index in [9.17, 15) is 9.59 Å². The van der Waals surface area contributed by atoms with Crippen LogP contribution in [0.25, 0.3) is 0 Å². The molecule has 140 valence electrons. The molecule has 2 heterocycles. The van der Waals surface area contributed by atoms with Crippen molar-refractivity contribution in [3.8, 4) is 0 Å². The predicted octanol–water partition coefficient (Wildman–Crippen LogP) is 3.99. The average molecular weight is 372 g/mol. The lowest BCUT2D eigenvalue weighted by Crippen LogP contribution is -2.16. The van der Waals surface area contributed by atoms with Crippen LogP contribution in [-0.4, -0.2) is 23.3 Å². The Morgan fingerprint density at radius 3 is 2.57 bits per heavy atom. The van der Waals surface area contributed by atoms with E-state index in [0.717, 1.165) is 24.3 Å². The first kappa shape index (κ1) is 17.7. The Hall–Kier alpha value is -3.67. The second-order valence-electron chi connectivity index (χ2n) is 6.68. The van der Waals surface area contributed by atoms with Gasteiger partial charge in [0, 0.05) is 36.7 Å². The highest BCUT2D eigenvalue weighted by molar-refractivity contribution is 6.05. The topological polar surface area (TPSA) is 74.3 Å². The SMILES string of the molecule is CC(=O)Nc1cccc(NC(=O)c2cncc(N3CCc4ccccc43)c2)c1. The van der Waals surface area contributed by atoms with E-state index in [0.29, 0.717) is 16.9 Å². The normalized spacial score (nSPS) is 12.4. The van der Waals surface area contributed by atoms with Gasteiger partial charge in [-0.25, -0.2) is 0 Å². The molecule has 1 aromatic heterocycles. The number of para-hydroxylation sites is 1. The van der Waals surface area contributed by atoms with Gasteiger partial charge < -0.3 is 15.5 Å². The maximum Gasteiger partial charge on any atom is 0.257 e. The first-order chi connectivity index (χ1) is 13.6. The van der Waals surface area contributed by atoms with E-state index in [4.69, 9.17) is 0 Å². The molecule has 1 aliphatic rings. The maximum absolute atomic E-state index is 12.7. The highest BCUT2D eigenvalue weighted by Crippen LogP contribution is 2.34. The number of nitrogens with zero attached hydrogens (tertiary/aromatic N) is 2. The van der Waals surface area contributed by atoms with Crippen molar-refractivity contribution in [1.29, 1.82) is 0 Å². The molecular weight excluding hydrogens is 352 g/mol. The largest absolute Gasteiger partial charge is 0.340 e. The summed E-state index contributed by atoms with van der Waals surface area (Å²) < 4.78 is 0. The summed E-state index contributed by atoms with van der Waals surface area (Å²) in [6.07, 6.45) is 4.30. The van der Waals surface area contributed by atoms with Crippen LogP contribution in [0.3, 0.4) is 0 Å². The molecule has 2 N–H and O–H groups in total. The van der Waals surface area contributed by atoms with Gasteiger partial charge in [0.2, 0.25) is 5.91 Å². The molecule has 4 rings (SSSR count). The minimum absolute atomic E-state index is 0.161. The van der Waals surface area contributed by atoms with E-state index in [1.165, 1.54) is 12.5 Å². The van der Waals surface area contributed by atoms with Crippen LogP contribution in [0.2, 0.25) is 0 Å². The standard InChI is InChI=1S/C22H20N4O2/c1-15(27)24-18-6-4-7-19(12-18)25-22(28)17-11-20(14-23-13-17)26-10-9-16-5-2-3-8-21(16)26/h2-8,11-14H,9-10H2,1H3,(H,24,27)(H,25,28). The number of hydrogen-bond acceptors (Lipinski definition) is 4. The Kier molecular flexibility index (Phi) is 4.76. The van der Waals surface area contributed by atoms with Crippen molar-refractivity contribution in [2.24, 2.45) is 0 Å². The van der Waals surface area contributed by atoms with Crippen LogP contribution in [0, 0.1) is 0 Å². The average Bonchev–Trinajstić information content (AvgIpc) is 3.12. The molecule has 0 spiro atoms. The van der Waals surface area contributed by atoms with Crippen molar-refractivity contribution >= 4 is 34.6 Å². The second-order valence-corrected chi connectivity index (χ2v) is 6.68. The van der Waals surface area contributed by atoms with E-state index in [1.807, 2.05) is 18.2 Å². The Bertz CT molecular complexity index is 1050. The summed E-state index contributed by atoms with van der Waals surface area (Å²) in [6, 6.07) is 17.2. The van der Waals surface area contributed by atoms with Crippen LogP contribution in [0.5, 0.6) is 0 Å². The summed E-state index contributed by atoms with van der Waals surface area (Å²) in [4.78, 5) is 30.4. The number of amides is 2. The Balaban J connectivity index is 1.54. The zero-order valence-electron chi connectivity index (χ0n) is 15.5. The smallest absolute Gasteiger partial charge is 0.257 e. The first-order valence-corrected chi connectivity index (χ1v) is 9.10. The molecule has 0 radical (unpaired) electrons. The minimum Gasteiger partial charge on any atom is -0.340 e. The van der Waals surface area contributed by atoms with Gasteiger partial charge in [-0.1, -0.05) is 24.3 Å². The van der Waals surface area contributed by atoms with Gasteiger partial charge in [-0.15, -0.1) is 0 Å². The molecule has 0 aliphatic carbocycles. The summed E-state index contributed by atoms with van der Waals surface area (Å²) in [6.45, 7) is 2.31. The number of rotatable bonds is 4. The molecule has 0 fully saturated rings. The number of fused-ring (bicyclic) bond motifs is 1. The summed E-state index contributed by atoms with van der Waals surface area (Å²) in [5.41, 5.74) is 5.06. The van der Waals surface area contributed by atoms with Crippen LogP contribution in [-0.2, 0) is 11.2 Å². The zero-order chi connectivity index (χ0) is 19.5. The van der Waals surface area contributed by atoms with Crippen LogP contribution >= 0.6 is 0 Å². The third-order valence-electron chi connectivity index (χ3n) is 4.63. The van der Waals surface area contributed by atoms with E-state index >= 15 is 0 Å². The molecule has 2 amide bonds. The Morgan fingerprint density at radius 2 is 1.75 bits per heavy atom. The molecule has 0 bridgehead atoms. The first-order valence-electron chi connectivity index (χ1n) is 9.10. The van der Waals surface area contributed by atoms with Gasteiger partial charge in [-0.05, 0) is 42.3 Å². The van der Waals surface area contributed by atoms with E-state index in [-0.39, 0.29) is 11.8 Å². The number of aromatic nitrogens is 1. The van der Waals surface area contributed by atoms with Crippen LogP contribution in [0.1, 0.15) is 22.8 Å².